The third kappa shape index (κ3) is 5.67. The third-order valence-corrected chi connectivity index (χ3v) is 17.1. The molecule has 0 aromatic heterocycles. The van der Waals surface area contributed by atoms with Crippen LogP contribution in [0.2, 0.25) is 0 Å². The van der Waals surface area contributed by atoms with Crippen LogP contribution >= 0.6 is 0 Å². The van der Waals surface area contributed by atoms with Crippen molar-refractivity contribution in [1.82, 2.24) is 0 Å². The van der Waals surface area contributed by atoms with E-state index in [-0.39, 0.29) is 0 Å². The molecule has 0 radical (unpaired) electrons. The highest BCUT2D eigenvalue weighted by molar-refractivity contribution is 6.11. The standard InChI is InChI=1S/C74H47N/c1-4-20-48(21-5-1)51-36-41-54(42-37-51)75(55-43-38-52(39-44-55)49-22-6-2-7-23-49)72-70-60-30-14-19-35-66(60)73(62-31-15-10-26-56(62)57-27-11-16-32-63(57)73)68(70)47-69-71(72)61-45-40-53(50-24-8-3-9-25-50)46-67(61)74(69)64-33-17-12-28-58(64)59-29-13-18-34-65(59)74/h1-47H. The van der Waals surface area contributed by atoms with Gasteiger partial charge in [0.05, 0.1) is 16.5 Å². The predicted molar refractivity (Wildman–Crippen MR) is 310 cm³/mol. The van der Waals surface area contributed by atoms with E-state index in [2.05, 4.69) is 290 Å². The number of anilines is 3. The zero-order valence-electron chi connectivity index (χ0n) is 41.1. The van der Waals surface area contributed by atoms with Crippen molar-refractivity contribution >= 4 is 17.1 Å². The fourth-order valence-electron chi connectivity index (χ4n) is 14.1. The van der Waals surface area contributed by atoms with Crippen LogP contribution in [0.25, 0.3) is 77.9 Å². The van der Waals surface area contributed by atoms with Crippen LogP contribution < -0.4 is 4.90 Å². The number of hydrogen-bond donors (Lipinski definition) is 0. The minimum absolute atomic E-state index is 0.605. The molecule has 0 bridgehead atoms. The molecule has 4 aliphatic carbocycles. The van der Waals surface area contributed by atoms with Crippen molar-refractivity contribution in [3.63, 3.8) is 0 Å². The van der Waals surface area contributed by atoms with Gasteiger partial charge in [-0.1, -0.05) is 255 Å². The maximum absolute atomic E-state index is 2.70. The van der Waals surface area contributed by atoms with E-state index in [0.717, 1.165) is 11.4 Å². The average Bonchev–Trinajstić information content (AvgIpc) is 4.19. The minimum atomic E-state index is -0.653. The molecule has 0 fully saturated rings. The molecular formula is C74H47N. The van der Waals surface area contributed by atoms with Gasteiger partial charge in [0.2, 0.25) is 0 Å². The second-order valence-corrected chi connectivity index (χ2v) is 20.6. The average molecular weight is 950 g/mol. The van der Waals surface area contributed by atoms with Gasteiger partial charge in [-0.2, -0.15) is 0 Å². The first-order chi connectivity index (χ1) is 37.2. The van der Waals surface area contributed by atoms with Gasteiger partial charge >= 0.3 is 0 Å². The minimum Gasteiger partial charge on any atom is -0.309 e. The zero-order valence-corrected chi connectivity index (χ0v) is 41.1. The molecule has 0 unspecified atom stereocenters. The van der Waals surface area contributed by atoms with Crippen LogP contribution in [0.1, 0.15) is 44.5 Å². The molecule has 0 heterocycles. The topological polar surface area (TPSA) is 3.24 Å². The molecule has 348 valence electrons. The third-order valence-electron chi connectivity index (χ3n) is 17.1. The van der Waals surface area contributed by atoms with Gasteiger partial charge in [0.1, 0.15) is 0 Å². The number of nitrogens with zero attached hydrogens (tertiary/aromatic N) is 1. The van der Waals surface area contributed by atoms with Crippen molar-refractivity contribution in [2.75, 3.05) is 4.90 Å². The Morgan fingerprint density at radius 1 is 0.200 bits per heavy atom. The largest absolute Gasteiger partial charge is 0.309 e. The highest BCUT2D eigenvalue weighted by Crippen LogP contribution is 2.71. The molecule has 0 atom stereocenters. The molecule has 0 aliphatic heterocycles. The van der Waals surface area contributed by atoms with Crippen LogP contribution in [-0.4, -0.2) is 0 Å². The Labute approximate surface area is 438 Å². The lowest BCUT2D eigenvalue weighted by Crippen LogP contribution is -2.29. The Morgan fingerprint density at radius 3 is 0.907 bits per heavy atom. The van der Waals surface area contributed by atoms with E-state index < -0.39 is 10.8 Å². The van der Waals surface area contributed by atoms with Gasteiger partial charge in [0.15, 0.2) is 0 Å². The van der Waals surface area contributed by atoms with E-state index in [1.54, 1.807) is 0 Å². The summed E-state index contributed by atoms with van der Waals surface area (Å²) in [5, 5.41) is 0. The number of hydrogen-bond acceptors (Lipinski definition) is 1. The van der Waals surface area contributed by atoms with Gasteiger partial charge in [-0.3, -0.25) is 0 Å². The van der Waals surface area contributed by atoms with Gasteiger partial charge in [-0.25, -0.2) is 0 Å². The Kier molecular flexibility index (Phi) is 8.94. The lowest BCUT2D eigenvalue weighted by molar-refractivity contribution is 0.768. The summed E-state index contributed by atoms with van der Waals surface area (Å²) in [5.74, 6) is 0. The van der Waals surface area contributed by atoms with Crippen LogP contribution in [0.4, 0.5) is 17.1 Å². The highest BCUT2D eigenvalue weighted by atomic mass is 15.1. The summed E-state index contributed by atoms with van der Waals surface area (Å²) < 4.78 is 0. The van der Waals surface area contributed by atoms with Gasteiger partial charge in [0, 0.05) is 22.5 Å². The molecule has 12 aromatic rings. The summed E-state index contributed by atoms with van der Waals surface area (Å²) in [5.41, 5.74) is 30.1. The van der Waals surface area contributed by atoms with E-state index in [1.807, 2.05) is 0 Å². The van der Waals surface area contributed by atoms with Crippen molar-refractivity contribution < 1.29 is 0 Å². The summed E-state index contributed by atoms with van der Waals surface area (Å²) in [6.45, 7) is 0. The van der Waals surface area contributed by atoms with Gasteiger partial charge in [-0.05, 0) is 142 Å². The van der Waals surface area contributed by atoms with Gasteiger partial charge < -0.3 is 4.90 Å². The Hall–Kier alpha value is -9.56. The lowest BCUT2D eigenvalue weighted by Gasteiger charge is -2.36. The zero-order chi connectivity index (χ0) is 49.2. The van der Waals surface area contributed by atoms with Crippen molar-refractivity contribution in [1.29, 1.82) is 0 Å². The molecule has 4 aliphatic rings. The Bertz CT molecular complexity index is 4090. The molecule has 0 saturated carbocycles. The van der Waals surface area contributed by atoms with Crippen molar-refractivity contribution in [3.8, 4) is 77.9 Å². The molecule has 12 aromatic carbocycles. The second kappa shape index (κ2) is 16.0. The fraction of sp³-hybridized carbons (Fsp3) is 0.0270. The monoisotopic (exact) mass is 949 g/mol. The normalized spacial score (nSPS) is 13.8. The fourth-order valence-corrected chi connectivity index (χ4v) is 14.1. The van der Waals surface area contributed by atoms with E-state index >= 15 is 0 Å². The van der Waals surface area contributed by atoms with Crippen LogP contribution in [0, 0.1) is 0 Å². The summed E-state index contributed by atoms with van der Waals surface area (Å²) in [7, 11) is 0. The Balaban J connectivity index is 1.10. The number of fused-ring (bicyclic) bond motifs is 20. The van der Waals surface area contributed by atoms with Gasteiger partial charge in [0.25, 0.3) is 0 Å². The lowest BCUT2D eigenvalue weighted by atomic mass is 9.67. The maximum atomic E-state index is 2.70. The molecule has 0 saturated heterocycles. The molecule has 16 rings (SSSR count). The van der Waals surface area contributed by atoms with Crippen LogP contribution in [0.15, 0.2) is 285 Å². The van der Waals surface area contributed by atoms with E-state index in [1.165, 1.54) is 128 Å². The number of rotatable bonds is 6. The van der Waals surface area contributed by atoms with Crippen LogP contribution in [0.5, 0.6) is 0 Å². The smallest absolute Gasteiger partial charge is 0.0726 e. The SMILES string of the molecule is c1ccc(-c2ccc(N(c3ccc(-c4ccccc4)cc3)c3c4c(cc5c3-c3ccc(-c6ccccc6)cc3C53c5ccccc5-c5ccccc53)C3(c5ccccc5-c5ccccc53)c3ccccc3-4)cc2)cc1. The van der Waals surface area contributed by atoms with E-state index in [9.17, 15) is 0 Å². The summed E-state index contributed by atoms with van der Waals surface area (Å²) >= 11 is 0. The summed E-state index contributed by atoms with van der Waals surface area (Å²) in [4.78, 5) is 2.62. The van der Waals surface area contributed by atoms with Crippen molar-refractivity contribution in [3.05, 3.63) is 330 Å². The molecular weight excluding hydrogens is 903 g/mol. The molecule has 1 heteroatoms. The molecule has 0 amide bonds. The van der Waals surface area contributed by atoms with E-state index in [0.29, 0.717) is 0 Å². The summed E-state index contributed by atoms with van der Waals surface area (Å²) in [6, 6.07) is 107. The van der Waals surface area contributed by atoms with Gasteiger partial charge in [-0.15, -0.1) is 0 Å². The maximum Gasteiger partial charge on any atom is 0.0726 e. The van der Waals surface area contributed by atoms with Crippen LogP contribution in [0.3, 0.4) is 0 Å². The van der Waals surface area contributed by atoms with Crippen molar-refractivity contribution in [2.24, 2.45) is 0 Å². The number of benzene rings is 12. The quantitative estimate of drug-likeness (QED) is 0.161. The molecule has 2 spiro atoms. The first-order valence-electron chi connectivity index (χ1n) is 26.2. The molecule has 75 heavy (non-hydrogen) atoms. The first kappa shape index (κ1) is 42.0. The van der Waals surface area contributed by atoms with E-state index in [4.69, 9.17) is 0 Å². The highest BCUT2D eigenvalue weighted by Gasteiger charge is 2.58. The Morgan fingerprint density at radius 2 is 0.493 bits per heavy atom. The molecule has 0 N–H and O–H groups in total. The van der Waals surface area contributed by atoms with Crippen LogP contribution in [-0.2, 0) is 10.8 Å². The predicted octanol–water partition coefficient (Wildman–Crippen LogP) is 18.8. The first-order valence-corrected chi connectivity index (χ1v) is 26.2. The molecule has 1 nitrogen and oxygen atoms in total. The summed E-state index contributed by atoms with van der Waals surface area (Å²) in [6.07, 6.45) is 0. The van der Waals surface area contributed by atoms with Crippen molar-refractivity contribution in [2.45, 2.75) is 10.8 Å². The second-order valence-electron chi connectivity index (χ2n) is 20.6.